The van der Waals surface area contributed by atoms with Gasteiger partial charge in [-0.1, -0.05) is 19.3 Å². The van der Waals surface area contributed by atoms with Crippen LogP contribution in [0.1, 0.15) is 97.8 Å². The summed E-state index contributed by atoms with van der Waals surface area (Å²) in [5.41, 5.74) is 5.84. The number of rotatable bonds is 15. The number of piperazine rings is 1. The molecule has 0 aromatic carbocycles. The smallest absolute Gasteiger partial charge is 0.304 e. The number of hydrogen-bond acceptors (Lipinski definition) is 10. The van der Waals surface area contributed by atoms with E-state index in [1.54, 1.807) is 6.07 Å². The second kappa shape index (κ2) is 17.3. The average molecular weight is 630 g/mol. The van der Waals surface area contributed by atoms with E-state index in [0.717, 1.165) is 44.4 Å². The Hall–Kier alpha value is -2.70. The van der Waals surface area contributed by atoms with Crippen LogP contribution >= 0.6 is 0 Å². The molecule has 2 heterocycles. The van der Waals surface area contributed by atoms with Gasteiger partial charge >= 0.3 is 5.97 Å². The van der Waals surface area contributed by atoms with Crippen LogP contribution in [0.25, 0.3) is 0 Å². The maximum absolute atomic E-state index is 13.2. The molecule has 1 atom stereocenters. The third-order valence-corrected chi connectivity index (χ3v) is 9.44. The number of carbonyl (C=O) groups is 2. The monoisotopic (exact) mass is 629 g/mol. The standard InChI is InChI=1S/C33H59N9O3/c1-33(2,3)40-31(45)27-23-42(21-20-41(27)19-15-30(43)44)29-22-28(34)38-32(39-29)37-26-12-10-24(11-13-26)14-18-35-16-7-17-36-25-8-5-4-6-9-25/h22,24-27,35-36H,4-21,23H2,1-3H3,(H,40,45)(H,43,44)(H3,34,37,38,39)/t24?,26?,27-/m0/s1. The van der Waals surface area contributed by atoms with Crippen LogP contribution in [0, 0.1) is 5.92 Å². The lowest BCUT2D eigenvalue weighted by Crippen LogP contribution is -2.61. The maximum Gasteiger partial charge on any atom is 0.304 e. The van der Waals surface area contributed by atoms with Crippen molar-refractivity contribution < 1.29 is 14.7 Å². The first-order valence-electron chi connectivity index (χ1n) is 17.4. The van der Waals surface area contributed by atoms with Crippen LogP contribution in [0.2, 0.25) is 0 Å². The van der Waals surface area contributed by atoms with Crippen molar-refractivity contribution >= 4 is 29.5 Å². The van der Waals surface area contributed by atoms with Gasteiger partial charge < -0.3 is 37.0 Å². The molecule has 1 aliphatic heterocycles. The number of carboxylic acid groups (broad SMARTS) is 1. The van der Waals surface area contributed by atoms with Crippen LogP contribution in [0.3, 0.4) is 0 Å². The SMILES string of the molecule is CC(C)(C)NC(=O)[C@@H]1CN(c2cc(N)nc(NC3CCC(CCNCCCNC4CCCCC4)CC3)n2)CCN1CCC(=O)O. The molecule has 1 aromatic heterocycles. The number of carboxylic acids is 1. The minimum Gasteiger partial charge on any atom is -0.481 e. The number of hydrogen-bond donors (Lipinski definition) is 6. The summed E-state index contributed by atoms with van der Waals surface area (Å²) in [6.45, 7) is 11.0. The summed E-state index contributed by atoms with van der Waals surface area (Å²) in [6.07, 6.45) is 13.9. The lowest BCUT2D eigenvalue weighted by Gasteiger charge is -2.42. The molecule has 4 rings (SSSR count). The molecule has 1 saturated heterocycles. The van der Waals surface area contributed by atoms with Crippen molar-refractivity contribution in [1.82, 2.24) is 30.8 Å². The second-order valence-electron chi connectivity index (χ2n) is 14.4. The molecule has 2 aliphatic carbocycles. The van der Waals surface area contributed by atoms with E-state index in [0.29, 0.717) is 49.8 Å². The van der Waals surface area contributed by atoms with Gasteiger partial charge in [0.05, 0.1) is 6.42 Å². The molecule has 12 nitrogen and oxygen atoms in total. The van der Waals surface area contributed by atoms with Crippen LogP contribution in [0.4, 0.5) is 17.6 Å². The number of nitrogens with one attached hydrogen (secondary N) is 4. The zero-order valence-electron chi connectivity index (χ0n) is 28.0. The number of nitrogen functional groups attached to an aromatic ring is 1. The lowest BCUT2D eigenvalue weighted by molar-refractivity contribution is -0.138. The van der Waals surface area contributed by atoms with Crippen LogP contribution in [0.5, 0.6) is 0 Å². The van der Waals surface area contributed by atoms with Crippen LogP contribution in [0.15, 0.2) is 6.07 Å². The third kappa shape index (κ3) is 12.2. The fraction of sp³-hybridized carbons (Fsp3) is 0.818. The Balaban J connectivity index is 1.21. The summed E-state index contributed by atoms with van der Waals surface area (Å²) in [5, 5.41) is 23.2. The number of nitrogens with zero attached hydrogens (tertiary/aromatic N) is 4. The zero-order chi connectivity index (χ0) is 32.2. The summed E-state index contributed by atoms with van der Waals surface area (Å²) in [7, 11) is 0. The fourth-order valence-corrected chi connectivity index (χ4v) is 6.95. The number of aliphatic carboxylic acids is 1. The highest BCUT2D eigenvalue weighted by atomic mass is 16.4. The Morgan fingerprint density at radius 3 is 2.44 bits per heavy atom. The minimum atomic E-state index is -0.870. The van der Waals surface area contributed by atoms with E-state index in [4.69, 9.17) is 10.7 Å². The zero-order valence-corrected chi connectivity index (χ0v) is 28.0. The van der Waals surface area contributed by atoms with Crippen molar-refractivity contribution in [3.05, 3.63) is 6.07 Å². The number of anilines is 3. The molecular weight excluding hydrogens is 570 g/mol. The Bertz CT molecular complexity index is 1070. The second-order valence-corrected chi connectivity index (χ2v) is 14.4. The molecule has 0 unspecified atom stereocenters. The number of amides is 1. The largest absolute Gasteiger partial charge is 0.481 e. The van der Waals surface area contributed by atoms with Gasteiger partial charge in [0, 0.05) is 49.9 Å². The van der Waals surface area contributed by atoms with Gasteiger partial charge in [0.1, 0.15) is 17.7 Å². The van der Waals surface area contributed by atoms with Crippen molar-refractivity contribution in [3.8, 4) is 0 Å². The molecule has 7 N–H and O–H groups in total. The van der Waals surface area contributed by atoms with Crippen LogP contribution < -0.4 is 31.9 Å². The maximum atomic E-state index is 13.2. The van der Waals surface area contributed by atoms with E-state index in [1.165, 1.54) is 57.8 Å². The highest BCUT2D eigenvalue weighted by Crippen LogP contribution is 2.29. The predicted molar refractivity (Wildman–Crippen MR) is 181 cm³/mol. The van der Waals surface area contributed by atoms with Gasteiger partial charge in [0.2, 0.25) is 11.9 Å². The Labute approximate surface area is 270 Å². The van der Waals surface area contributed by atoms with Gasteiger partial charge in [-0.15, -0.1) is 0 Å². The Morgan fingerprint density at radius 2 is 1.73 bits per heavy atom. The molecule has 3 fully saturated rings. The van der Waals surface area contributed by atoms with Gasteiger partial charge in [0.25, 0.3) is 0 Å². The van der Waals surface area contributed by atoms with Crippen molar-refractivity contribution in [2.45, 2.75) is 121 Å². The molecule has 1 amide bonds. The van der Waals surface area contributed by atoms with Gasteiger partial charge in [0.15, 0.2) is 0 Å². The van der Waals surface area contributed by atoms with E-state index < -0.39 is 17.6 Å². The molecule has 254 valence electrons. The molecule has 0 radical (unpaired) electrons. The van der Waals surface area contributed by atoms with Gasteiger partial charge in [-0.25, -0.2) is 0 Å². The van der Waals surface area contributed by atoms with Crippen molar-refractivity contribution in [1.29, 1.82) is 0 Å². The quantitative estimate of drug-likeness (QED) is 0.158. The van der Waals surface area contributed by atoms with Gasteiger partial charge in [-0.05, 0) is 97.7 Å². The predicted octanol–water partition coefficient (Wildman–Crippen LogP) is 3.20. The Morgan fingerprint density at radius 1 is 0.978 bits per heavy atom. The van der Waals surface area contributed by atoms with Gasteiger partial charge in [-0.3, -0.25) is 14.5 Å². The Kier molecular flexibility index (Phi) is 13.5. The minimum absolute atomic E-state index is 0.00929. The average Bonchev–Trinajstić information content (AvgIpc) is 2.99. The third-order valence-electron chi connectivity index (χ3n) is 9.44. The van der Waals surface area contributed by atoms with Gasteiger partial charge in [-0.2, -0.15) is 9.97 Å². The molecule has 2 saturated carbocycles. The number of carbonyl (C=O) groups excluding carboxylic acids is 1. The van der Waals surface area contributed by atoms with E-state index in [-0.39, 0.29) is 12.3 Å². The molecule has 0 spiro atoms. The van der Waals surface area contributed by atoms with Crippen molar-refractivity contribution in [2.75, 3.05) is 61.8 Å². The first-order chi connectivity index (χ1) is 21.6. The van der Waals surface area contributed by atoms with E-state index >= 15 is 0 Å². The highest BCUT2D eigenvalue weighted by molar-refractivity contribution is 5.83. The molecule has 45 heavy (non-hydrogen) atoms. The number of nitrogens with two attached hydrogens (primary N) is 1. The van der Waals surface area contributed by atoms with E-state index in [1.807, 2.05) is 25.7 Å². The highest BCUT2D eigenvalue weighted by Gasteiger charge is 2.35. The molecule has 12 heteroatoms. The van der Waals surface area contributed by atoms with E-state index in [2.05, 4.69) is 31.2 Å². The molecule has 0 bridgehead atoms. The summed E-state index contributed by atoms with van der Waals surface area (Å²) in [6, 6.07) is 2.33. The van der Waals surface area contributed by atoms with E-state index in [9.17, 15) is 14.7 Å². The number of aromatic nitrogens is 2. The first-order valence-corrected chi connectivity index (χ1v) is 17.4. The summed E-state index contributed by atoms with van der Waals surface area (Å²) in [5.74, 6) is 1.37. The molecule has 1 aromatic rings. The summed E-state index contributed by atoms with van der Waals surface area (Å²) >= 11 is 0. The lowest BCUT2D eigenvalue weighted by atomic mass is 9.84. The van der Waals surface area contributed by atoms with Crippen molar-refractivity contribution in [2.24, 2.45) is 5.92 Å². The van der Waals surface area contributed by atoms with Crippen LogP contribution in [-0.4, -0.2) is 101 Å². The molecule has 3 aliphatic rings. The topological polar surface area (TPSA) is 161 Å². The molecular formula is C33H59N9O3. The first kappa shape index (κ1) is 35.2. The van der Waals surface area contributed by atoms with Crippen LogP contribution in [-0.2, 0) is 9.59 Å². The summed E-state index contributed by atoms with van der Waals surface area (Å²) < 4.78 is 0. The summed E-state index contributed by atoms with van der Waals surface area (Å²) in [4.78, 5) is 37.8. The van der Waals surface area contributed by atoms with Crippen molar-refractivity contribution in [3.63, 3.8) is 0 Å². The fourth-order valence-electron chi connectivity index (χ4n) is 6.95. The normalized spacial score (nSPS) is 23.5.